The van der Waals surface area contributed by atoms with Crippen LogP contribution in [0.5, 0.6) is 17.2 Å². The SMILES string of the molecule is BN[C@H]1C[C@H](O[C@H]2C[C@](O)(C(C)=O)Cc3c(O)c4c(c(O)c32)C(=O)c2c(OC)cccc2C4=O)O[C@@H](C)[C@H]1O. The third-order valence-electron chi connectivity index (χ3n) is 8.12. The van der Waals surface area contributed by atoms with Crippen molar-refractivity contribution in [2.45, 2.75) is 69.4 Å². The van der Waals surface area contributed by atoms with Gasteiger partial charge < -0.3 is 39.9 Å². The molecule has 0 aromatic heterocycles. The summed E-state index contributed by atoms with van der Waals surface area (Å²) < 4.78 is 17.3. The molecule has 39 heavy (non-hydrogen) atoms. The number of aliphatic hydroxyl groups is 2. The highest BCUT2D eigenvalue weighted by molar-refractivity contribution is 6.31. The first-order valence-electron chi connectivity index (χ1n) is 12.7. The van der Waals surface area contributed by atoms with E-state index in [4.69, 9.17) is 14.2 Å². The van der Waals surface area contributed by atoms with Gasteiger partial charge in [0.25, 0.3) is 0 Å². The first-order chi connectivity index (χ1) is 18.4. The van der Waals surface area contributed by atoms with Crippen molar-refractivity contribution in [3.05, 3.63) is 51.6 Å². The Labute approximate surface area is 225 Å². The lowest BCUT2D eigenvalue weighted by Gasteiger charge is -2.42. The van der Waals surface area contributed by atoms with E-state index in [0.29, 0.717) is 0 Å². The van der Waals surface area contributed by atoms with Crippen molar-refractivity contribution in [2.24, 2.45) is 0 Å². The summed E-state index contributed by atoms with van der Waals surface area (Å²) in [6, 6.07) is 4.07. The Morgan fingerprint density at radius 3 is 2.49 bits per heavy atom. The maximum absolute atomic E-state index is 13.7. The molecule has 1 saturated heterocycles. The number of ketones is 3. The van der Waals surface area contributed by atoms with E-state index in [9.17, 15) is 34.8 Å². The number of phenolic OH excluding ortho intramolecular Hbond substituents is 2. The molecule has 0 amide bonds. The molecule has 206 valence electrons. The predicted molar refractivity (Wildman–Crippen MR) is 138 cm³/mol. The summed E-state index contributed by atoms with van der Waals surface area (Å²) in [4.78, 5) is 39.7. The summed E-state index contributed by atoms with van der Waals surface area (Å²) in [6.07, 6.45) is -4.07. The molecule has 3 aliphatic rings. The smallest absolute Gasteiger partial charge is 0.202 e. The molecule has 2 aliphatic carbocycles. The highest BCUT2D eigenvalue weighted by Gasteiger charge is 2.49. The standard InChI is InChI=1S/C27H30BNO10/c1-10-22(31)14(29-28)7-17(38-10)39-16-9-27(36,11(2)30)8-13-19(16)26(35)21-20(24(13)33)23(32)12-5-4-6-15(37-3)18(12)25(21)34/h4-6,10,14,16-17,22,29,31,33,35-36H,7-9,28H2,1-3H3/t10-,14-,16-,17-,22+,27-/m0/s1. The Hall–Kier alpha value is -3.29. The quantitative estimate of drug-likeness (QED) is 0.222. The van der Waals surface area contributed by atoms with Crippen LogP contribution < -0.4 is 9.96 Å². The third kappa shape index (κ3) is 4.14. The third-order valence-corrected chi connectivity index (χ3v) is 8.12. The van der Waals surface area contributed by atoms with E-state index in [2.05, 4.69) is 5.23 Å². The van der Waals surface area contributed by atoms with Gasteiger partial charge in [-0.15, -0.1) is 0 Å². The number of ether oxygens (including phenoxy) is 3. The molecule has 0 bridgehead atoms. The zero-order chi connectivity index (χ0) is 28.4. The van der Waals surface area contributed by atoms with Crippen molar-refractivity contribution in [1.82, 2.24) is 5.23 Å². The minimum absolute atomic E-state index is 0.00630. The van der Waals surface area contributed by atoms with E-state index >= 15 is 0 Å². The van der Waals surface area contributed by atoms with Crippen molar-refractivity contribution in [2.75, 3.05) is 7.11 Å². The number of carbonyl (C=O) groups is 3. The molecular formula is C27H30BNO10. The highest BCUT2D eigenvalue weighted by atomic mass is 16.7. The lowest BCUT2D eigenvalue weighted by atomic mass is 9.72. The second-order valence-corrected chi connectivity index (χ2v) is 10.4. The van der Waals surface area contributed by atoms with Gasteiger partial charge in [0.05, 0.1) is 42.1 Å². The van der Waals surface area contributed by atoms with Gasteiger partial charge in [0.1, 0.15) is 22.8 Å². The Bertz CT molecular complexity index is 1390. The van der Waals surface area contributed by atoms with E-state index in [-0.39, 0.29) is 46.9 Å². The van der Waals surface area contributed by atoms with Crippen LogP contribution in [-0.2, 0) is 20.7 Å². The molecule has 0 radical (unpaired) electrons. The van der Waals surface area contributed by atoms with Gasteiger partial charge in [0, 0.05) is 42.0 Å². The van der Waals surface area contributed by atoms with Crippen LogP contribution in [0.4, 0.5) is 0 Å². The van der Waals surface area contributed by atoms with Gasteiger partial charge in [0.2, 0.25) is 5.78 Å². The van der Waals surface area contributed by atoms with Gasteiger partial charge >= 0.3 is 0 Å². The van der Waals surface area contributed by atoms with Crippen molar-refractivity contribution in [1.29, 1.82) is 0 Å². The molecule has 12 heteroatoms. The normalized spacial score (nSPS) is 29.8. The molecular weight excluding hydrogens is 509 g/mol. The topological polar surface area (TPSA) is 172 Å². The second-order valence-electron chi connectivity index (χ2n) is 10.4. The van der Waals surface area contributed by atoms with Crippen molar-refractivity contribution in [3.8, 4) is 17.2 Å². The van der Waals surface area contributed by atoms with Crippen LogP contribution in [0.25, 0.3) is 0 Å². The molecule has 11 nitrogen and oxygen atoms in total. The first kappa shape index (κ1) is 27.3. The Kier molecular flexibility index (Phi) is 6.80. The number of nitrogens with one attached hydrogen (secondary N) is 1. The van der Waals surface area contributed by atoms with E-state index in [1.165, 1.54) is 32.2 Å². The highest BCUT2D eigenvalue weighted by Crippen LogP contribution is 2.52. The fourth-order valence-corrected chi connectivity index (χ4v) is 5.91. The minimum Gasteiger partial charge on any atom is -0.507 e. The van der Waals surface area contributed by atoms with Crippen LogP contribution in [0.3, 0.4) is 0 Å². The van der Waals surface area contributed by atoms with Gasteiger partial charge in [-0.25, -0.2) is 0 Å². The average molecular weight is 539 g/mol. The summed E-state index contributed by atoms with van der Waals surface area (Å²) >= 11 is 0. The molecule has 1 aliphatic heterocycles. The Morgan fingerprint density at radius 1 is 1.15 bits per heavy atom. The summed E-state index contributed by atoms with van der Waals surface area (Å²) in [5, 5.41) is 47.5. The molecule has 0 saturated carbocycles. The molecule has 0 unspecified atom stereocenters. The average Bonchev–Trinajstić information content (AvgIpc) is 2.90. The molecule has 5 N–H and O–H groups in total. The van der Waals surface area contributed by atoms with E-state index in [1.807, 2.05) is 0 Å². The minimum atomic E-state index is -1.99. The fourth-order valence-electron chi connectivity index (χ4n) is 5.91. The summed E-state index contributed by atoms with van der Waals surface area (Å²) in [7, 11) is 3.03. The van der Waals surface area contributed by atoms with Crippen LogP contribution in [0, 0.1) is 0 Å². The second kappa shape index (κ2) is 9.72. The summed E-state index contributed by atoms with van der Waals surface area (Å²) in [6.45, 7) is 2.86. The molecule has 2 aromatic carbocycles. The zero-order valence-electron chi connectivity index (χ0n) is 22.0. The number of benzene rings is 2. The predicted octanol–water partition coefficient (Wildman–Crippen LogP) is 0.208. The first-order valence-corrected chi connectivity index (χ1v) is 12.7. The van der Waals surface area contributed by atoms with Gasteiger partial charge in [-0.3, -0.25) is 14.4 Å². The summed E-state index contributed by atoms with van der Waals surface area (Å²) in [5.74, 6) is -3.10. The molecule has 1 heterocycles. The van der Waals surface area contributed by atoms with Gasteiger partial charge in [0.15, 0.2) is 25.8 Å². The number of Topliss-reactive ketones (excluding diaryl/α,β-unsaturated/α-hetero) is 1. The number of hydrogen-bond donors (Lipinski definition) is 5. The number of phenols is 2. The largest absolute Gasteiger partial charge is 0.507 e. The van der Waals surface area contributed by atoms with Crippen molar-refractivity contribution >= 4 is 25.3 Å². The van der Waals surface area contributed by atoms with Gasteiger partial charge in [-0.05, 0) is 19.9 Å². The zero-order valence-corrected chi connectivity index (χ0v) is 22.0. The molecule has 0 spiro atoms. The number of fused-ring (bicyclic) bond motifs is 3. The monoisotopic (exact) mass is 539 g/mol. The maximum Gasteiger partial charge on any atom is 0.202 e. The number of hydrogen-bond acceptors (Lipinski definition) is 11. The molecule has 2 aromatic rings. The molecule has 6 atom stereocenters. The van der Waals surface area contributed by atoms with Crippen molar-refractivity contribution < 1.29 is 49.0 Å². The molecule has 5 rings (SSSR count). The van der Waals surface area contributed by atoms with Gasteiger partial charge in [-0.1, -0.05) is 12.1 Å². The number of aromatic hydroxyl groups is 2. The number of methoxy groups -OCH3 is 1. The fraction of sp³-hybridized carbons (Fsp3) is 0.444. The number of aliphatic hydroxyl groups excluding tert-OH is 1. The Morgan fingerprint density at radius 2 is 1.85 bits per heavy atom. The Balaban J connectivity index is 1.67. The van der Waals surface area contributed by atoms with Gasteiger partial charge in [-0.2, -0.15) is 0 Å². The lowest BCUT2D eigenvalue weighted by molar-refractivity contribution is -0.248. The van der Waals surface area contributed by atoms with E-state index in [0.717, 1.165) is 0 Å². The van der Waals surface area contributed by atoms with E-state index in [1.54, 1.807) is 14.9 Å². The molecule has 1 fully saturated rings. The lowest BCUT2D eigenvalue weighted by Crippen LogP contribution is -2.54. The maximum atomic E-state index is 13.7. The van der Waals surface area contributed by atoms with Crippen LogP contribution >= 0.6 is 0 Å². The number of carbonyl (C=O) groups excluding carboxylic acids is 3. The van der Waals surface area contributed by atoms with Crippen LogP contribution in [0.1, 0.15) is 75.8 Å². The van der Waals surface area contributed by atoms with Crippen LogP contribution in [-0.4, -0.2) is 83.0 Å². The van der Waals surface area contributed by atoms with Crippen molar-refractivity contribution in [3.63, 3.8) is 0 Å². The van der Waals surface area contributed by atoms with Crippen LogP contribution in [0.15, 0.2) is 18.2 Å². The number of rotatable bonds is 5. The summed E-state index contributed by atoms with van der Waals surface area (Å²) in [5.41, 5.74) is -2.94. The van der Waals surface area contributed by atoms with Crippen LogP contribution in [0.2, 0.25) is 0 Å². The van der Waals surface area contributed by atoms with E-state index < -0.39 is 76.6 Å².